The van der Waals surface area contributed by atoms with Gasteiger partial charge in [-0.25, -0.2) is 0 Å². The van der Waals surface area contributed by atoms with Gasteiger partial charge in [0, 0.05) is 24.9 Å². The zero-order valence-corrected chi connectivity index (χ0v) is 19.5. The first kappa shape index (κ1) is 22.2. The minimum absolute atomic E-state index is 0.0167. The van der Waals surface area contributed by atoms with Gasteiger partial charge in [0.1, 0.15) is 0 Å². The van der Waals surface area contributed by atoms with Crippen molar-refractivity contribution in [2.75, 3.05) is 21.3 Å². The topological polar surface area (TPSA) is 65.8 Å². The number of amides is 1. The summed E-state index contributed by atoms with van der Waals surface area (Å²) >= 11 is 0. The molecule has 0 N–H and O–H groups in total. The zero-order valence-electron chi connectivity index (χ0n) is 19.5. The normalized spacial score (nSPS) is 15.9. The number of benzene rings is 1. The number of hydrogen-bond acceptors (Lipinski definition) is 5. The maximum atomic E-state index is 13.4. The number of ether oxygens (including phenoxy) is 3. The van der Waals surface area contributed by atoms with Crippen LogP contribution < -0.4 is 14.2 Å². The molecule has 32 heavy (non-hydrogen) atoms. The summed E-state index contributed by atoms with van der Waals surface area (Å²) in [5.41, 5.74) is 4.54. The van der Waals surface area contributed by atoms with E-state index >= 15 is 0 Å². The molecule has 1 aromatic carbocycles. The third kappa shape index (κ3) is 4.33. The van der Waals surface area contributed by atoms with E-state index in [1.807, 2.05) is 34.8 Å². The van der Waals surface area contributed by atoms with Gasteiger partial charge < -0.3 is 19.1 Å². The highest BCUT2D eigenvalue weighted by Crippen LogP contribution is 2.38. The quantitative estimate of drug-likeness (QED) is 0.584. The largest absolute Gasteiger partial charge is 0.493 e. The number of nitrogens with zero attached hydrogens (tertiary/aromatic N) is 3. The van der Waals surface area contributed by atoms with E-state index in [4.69, 9.17) is 19.3 Å². The minimum Gasteiger partial charge on any atom is -0.493 e. The number of fused-ring (bicyclic) bond motifs is 1. The Hall–Kier alpha value is -2.96. The van der Waals surface area contributed by atoms with Crippen LogP contribution in [0.2, 0.25) is 0 Å². The SMILES string of the molecule is COc1cc(C=CC(=O)N(Cc2nn(C)c3c2CCC3)C2CCCC2)cc(OC)c1OC. The maximum Gasteiger partial charge on any atom is 0.247 e. The highest BCUT2D eigenvalue weighted by molar-refractivity contribution is 5.92. The second kappa shape index (κ2) is 9.67. The van der Waals surface area contributed by atoms with Gasteiger partial charge in [-0.3, -0.25) is 9.48 Å². The number of hydrogen-bond donors (Lipinski definition) is 0. The van der Waals surface area contributed by atoms with Crippen LogP contribution in [0.3, 0.4) is 0 Å². The third-order valence-electron chi connectivity index (χ3n) is 6.67. The van der Waals surface area contributed by atoms with Gasteiger partial charge in [-0.1, -0.05) is 12.8 Å². The molecule has 4 rings (SSSR count). The lowest BCUT2D eigenvalue weighted by molar-refractivity contribution is -0.128. The molecule has 1 amide bonds. The number of aryl methyl sites for hydroxylation is 1. The average molecular weight is 440 g/mol. The lowest BCUT2D eigenvalue weighted by atomic mass is 10.1. The summed E-state index contributed by atoms with van der Waals surface area (Å²) < 4.78 is 18.3. The van der Waals surface area contributed by atoms with Gasteiger partial charge in [0.05, 0.1) is 33.6 Å². The van der Waals surface area contributed by atoms with Crippen LogP contribution in [0.5, 0.6) is 17.2 Å². The third-order valence-corrected chi connectivity index (χ3v) is 6.67. The van der Waals surface area contributed by atoms with Crippen LogP contribution in [-0.2, 0) is 31.2 Å². The second-order valence-corrected chi connectivity index (χ2v) is 8.55. The van der Waals surface area contributed by atoms with E-state index in [1.165, 1.54) is 30.5 Å². The van der Waals surface area contributed by atoms with E-state index in [0.717, 1.165) is 36.9 Å². The van der Waals surface area contributed by atoms with E-state index in [0.29, 0.717) is 23.8 Å². The molecule has 2 aromatic rings. The van der Waals surface area contributed by atoms with Crippen molar-refractivity contribution in [3.8, 4) is 17.2 Å². The van der Waals surface area contributed by atoms with Crippen molar-refractivity contribution in [1.82, 2.24) is 14.7 Å². The molecule has 7 nitrogen and oxygen atoms in total. The first-order valence-corrected chi connectivity index (χ1v) is 11.4. The van der Waals surface area contributed by atoms with Gasteiger partial charge in [-0.2, -0.15) is 5.10 Å². The predicted molar refractivity (Wildman–Crippen MR) is 123 cm³/mol. The van der Waals surface area contributed by atoms with Crippen molar-refractivity contribution in [1.29, 1.82) is 0 Å². The molecule has 0 saturated heterocycles. The van der Waals surface area contributed by atoms with E-state index in [2.05, 4.69) is 0 Å². The molecular weight excluding hydrogens is 406 g/mol. The van der Waals surface area contributed by atoms with E-state index < -0.39 is 0 Å². The zero-order chi connectivity index (χ0) is 22.7. The van der Waals surface area contributed by atoms with E-state index in [-0.39, 0.29) is 11.9 Å². The molecule has 2 aliphatic carbocycles. The summed E-state index contributed by atoms with van der Waals surface area (Å²) in [7, 11) is 6.76. The smallest absolute Gasteiger partial charge is 0.247 e. The highest BCUT2D eigenvalue weighted by Gasteiger charge is 2.29. The molecule has 172 valence electrons. The van der Waals surface area contributed by atoms with Crippen molar-refractivity contribution in [3.05, 3.63) is 40.7 Å². The number of rotatable bonds is 8. The Morgan fingerprint density at radius 3 is 2.41 bits per heavy atom. The molecule has 1 aromatic heterocycles. The lowest BCUT2D eigenvalue weighted by Gasteiger charge is -2.27. The molecule has 0 unspecified atom stereocenters. The Morgan fingerprint density at radius 2 is 1.78 bits per heavy atom. The molecule has 0 radical (unpaired) electrons. The van der Waals surface area contributed by atoms with E-state index in [9.17, 15) is 4.79 Å². The minimum atomic E-state index is 0.0167. The summed E-state index contributed by atoms with van der Waals surface area (Å²) in [4.78, 5) is 15.4. The van der Waals surface area contributed by atoms with Gasteiger partial charge in [0.2, 0.25) is 11.7 Å². The summed E-state index contributed by atoms with van der Waals surface area (Å²) in [5.74, 6) is 1.68. The number of methoxy groups -OCH3 is 3. The van der Waals surface area contributed by atoms with Crippen LogP contribution in [0.1, 0.15) is 54.6 Å². The number of aromatic nitrogens is 2. The lowest BCUT2D eigenvalue weighted by Crippen LogP contribution is -2.37. The predicted octanol–water partition coefficient (Wildman–Crippen LogP) is 3.92. The molecule has 1 heterocycles. The summed E-state index contributed by atoms with van der Waals surface area (Å²) in [6.45, 7) is 0.576. The molecule has 1 fully saturated rings. The Balaban J connectivity index is 1.58. The summed E-state index contributed by atoms with van der Waals surface area (Å²) in [6, 6.07) is 3.96. The Labute approximate surface area is 189 Å². The van der Waals surface area contributed by atoms with Crippen molar-refractivity contribution in [3.63, 3.8) is 0 Å². The van der Waals surface area contributed by atoms with Crippen molar-refractivity contribution in [2.45, 2.75) is 57.5 Å². The highest BCUT2D eigenvalue weighted by atomic mass is 16.5. The molecule has 1 saturated carbocycles. The maximum absolute atomic E-state index is 13.4. The van der Waals surface area contributed by atoms with Crippen molar-refractivity contribution < 1.29 is 19.0 Å². The fraction of sp³-hybridized carbons (Fsp3) is 0.520. The Morgan fingerprint density at radius 1 is 1.09 bits per heavy atom. The molecule has 0 spiro atoms. The molecule has 0 bridgehead atoms. The Bertz CT molecular complexity index is 980. The number of carbonyl (C=O) groups excluding carboxylic acids is 1. The number of carbonyl (C=O) groups is 1. The van der Waals surface area contributed by atoms with Gasteiger partial charge in [-0.15, -0.1) is 0 Å². The molecule has 0 atom stereocenters. The van der Waals surface area contributed by atoms with Gasteiger partial charge in [0.15, 0.2) is 11.5 Å². The van der Waals surface area contributed by atoms with Crippen LogP contribution in [-0.4, -0.2) is 48.0 Å². The van der Waals surface area contributed by atoms with Crippen LogP contribution >= 0.6 is 0 Å². The van der Waals surface area contributed by atoms with Crippen LogP contribution in [0.25, 0.3) is 6.08 Å². The fourth-order valence-corrected chi connectivity index (χ4v) is 5.05. The van der Waals surface area contributed by atoms with Crippen LogP contribution in [0, 0.1) is 0 Å². The van der Waals surface area contributed by atoms with Gasteiger partial charge in [0.25, 0.3) is 0 Å². The fourth-order valence-electron chi connectivity index (χ4n) is 5.05. The van der Waals surface area contributed by atoms with Crippen LogP contribution in [0.15, 0.2) is 18.2 Å². The summed E-state index contributed by atoms with van der Waals surface area (Å²) in [6.07, 6.45) is 11.2. The first-order valence-electron chi connectivity index (χ1n) is 11.4. The van der Waals surface area contributed by atoms with Crippen molar-refractivity contribution in [2.24, 2.45) is 7.05 Å². The van der Waals surface area contributed by atoms with Crippen LogP contribution in [0.4, 0.5) is 0 Å². The van der Waals surface area contributed by atoms with Gasteiger partial charge >= 0.3 is 0 Å². The first-order chi connectivity index (χ1) is 15.5. The summed E-state index contributed by atoms with van der Waals surface area (Å²) in [5, 5.41) is 4.76. The molecular formula is C25H33N3O4. The molecule has 2 aliphatic rings. The van der Waals surface area contributed by atoms with Crippen molar-refractivity contribution >= 4 is 12.0 Å². The monoisotopic (exact) mass is 439 g/mol. The van der Waals surface area contributed by atoms with E-state index in [1.54, 1.807) is 27.4 Å². The Kier molecular flexibility index (Phi) is 6.72. The molecule has 7 heteroatoms. The second-order valence-electron chi connectivity index (χ2n) is 8.55. The average Bonchev–Trinajstić information content (AvgIpc) is 3.55. The molecule has 0 aliphatic heterocycles. The van der Waals surface area contributed by atoms with Gasteiger partial charge in [-0.05, 0) is 61.4 Å². The standard InChI is InChI=1S/C25H33N3O4/c1-27-21-11-7-10-19(21)20(26-27)16-28(18-8-5-6-9-18)24(29)13-12-17-14-22(30-2)25(32-4)23(15-17)31-3/h12-15,18H,5-11,16H2,1-4H3.